The molecule has 14 heavy (non-hydrogen) atoms. The van der Waals surface area contributed by atoms with Crippen molar-refractivity contribution in [3.8, 4) is 0 Å². The van der Waals surface area contributed by atoms with Crippen LogP contribution in [0, 0.1) is 0 Å². The number of nitrogens with two attached hydrogens (primary N) is 1. The summed E-state index contributed by atoms with van der Waals surface area (Å²) in [7, 11) is 0. The number of nitrogens with one attached hydrogen (secondary N) is 1. The smallest absolute Gasteiger partial charge is 0.189 e. The molecule has 1 aromatic heterocycles. The van der Waals surface area contributed by atoms with Crippen molar-refractivity contribution in [2.75, 3.05) is 0 Å². The molecule has 0 fully saturated rings. The van der Waals surface area contributed by atoms with Gasteiger partial charge < -0.3 is 15.5 Å². The molecular weight excluding hydrogens is 178 g/mol. The summed E-state index contributed by atoms with van der Waals surface area (Å²) in [5.74, 6) is 1.27. The van der Waals surface area contributed by atoms with Crippen LogP contribution in [0.5, 0.6) is 0 Å². The third-order valence-corrected chi connectivity index (χ3v) is 1.72. The van der Waals surface area contributed by atoms with Gasteiger partial charge in [-0.1, -0.05) is 0 Å². The summed E-state index contributed by atoms with van der Waals surface area (Å²) in [4.78, 5) is 4.25. The van der Waals surface area contributed by atoms with Crippen molar-refractivity contribution in [2.45, 2.75) is 32.9 Å². The third kappa shape index (κ3) is 3.12. The SMILES string of the molecule is CC(C)NC(N)=N[C@@H](C)c1ccco1. The number of aliphatic imine (C=N–C) groups is 1. The Balaban J connectivity index is 2.58. The Morgan fingerprint density at radius 1 is 1.50 bits per heavy atom. The Kier molecular flexibility index (Phi) is 3.56. The second-order valence-electron chi connectivity index (χ2n) is 3.50. The number of guanidine groups is 1. The maximum atomic E-state index is 5.68. The Bertz CT molecular complexity index is 290. The van der Waals surface area contributed by atoms with Crippen molar-refractivity contribution in [2.24, 2.45) is 10.7 Å². The molecule has 1 rings (SSSR count). The lowest BCUT2D eigenvalue weighted by Gasteiger charge is -2.10. The Morgan fingerprint density at radius 2 is 2.21 bits per heavy atom. The van der Waals surface area contributed by atoms with E-state index in [1.165, 1.54) is 0 Å². The number of hydrogen-bond acceptors (Lipinski definition) is 2. The first kappa shape index (κ1) is 10.6. The number of rotatable bonds is 3. The van der Waals surface area contributed by atoms with Gasteiger partial charge in [-0.25, -0.2) is 4.99 Å². The van der Waals surface area contributed by atoms with Crippen LogP contribution in [-0.4, -0.2) is 12.0 Å². The summed E-state index contributed by atoms with van der Waals surface area (Å²) in [6.07, 6.45) is 1.63. The summed E-state index contributed by atoms with van der Waals surface area (Å²) in [5.41, 5.74) is 5.68. The highest BCUT2D eigenvalue weighted by Crippen LogP contribution is 2.15. The van der Waals surface area contributed by atoms with Crippen molar-refractivity contribution in [1.82, 2.24) is 5.32 Å². The molecule has 0 amide bonds. The van der Waals surface area contributed by atoms with Crippen LogP contribution in [0.3, 0.4) is 0 Å². The Labute approximate surface area is 84.2 Å². The van der Waals surface area contributed by atoms with E-state index in [2.05, 4.69) is 10.3 Å². The average Bonchev–Trinajstić information content (AvgIpc) is 2.53. The molecule has 0 unspecified atom stereocenters. The summed E-state index contributed by atoms with van der Waals surface area (Å²) in [6.45, 7) is 5.97. The van der Waals surface area contributed by atoms with Crippen LogP contribution in [0.25, 0.3) is 0 Å². The molecule has 78 valence electrons. The molecule has 4 heteroatoms. The molecule has 4 nitrogen and oxygen atoms in total. The fourth-order valence-corrected chi connectivity index (χ4v) is 1.13. The fraction of sp³-hybridized carbons (Fsp3) is 0.500. The van der Waals surface area contributed by atoms with E-state index in [0.717, 1.165) is 5.76 Å². The predicted molar refractivity (Wildman–Crippen MR) is 57.0 cm³/mol. The molecule has 1 heterocycles. The molecule has 0 saturated heterocycles. The number of furan rings is 1. The number of nitrogens with zero attached hydrogens (tertiary/aromatic N) is 1. The van der Waals surface area contributed by atoms with Gasteiger partial charge in [0.15, 0.2) is 5.96 Å². The largest absolute Gasteiger partial charge is 0.467 e. The zero-order valence-corrected chi connectivity index (χ0v) is 8.82. The summed E-state index contributed by atoms with van der Waals surface area (Å²) >= 11 is 0. The zero-order valence-electron chi connectivity index (χ0n) is 8.82. The van der Waals surface area contributed by atoms with Crippen molar-refractivity contribution < 1.29 is 4.42 Å². The quantitative estimate of drug-likeness (QED) is 0.569. The van der Waals surface area contributed by atoms with Crippen LogP contribution in [0.2, 0.25) is 0 Å². The van der Waals surface area contributed by atoms with Crippen LogP contribution in [0.4, 0.5) is 0 Å². The molecule has 0 spiro atoms. The topological polar surface area (TPSA) is 63.5 Å². The predicted octanol–water partition coefficient (Wildman–Crippen LogP) is 1.65. The van der Waals surface area contributed by atoms with E-state index >= 15 is 0 Å². The van der Waals surface area contributed by atoms with Gasteiger partial charge in [0.05, 0.1) is 6.26 Å². The van der Waals surface area contributed by atoms with Gasteiger partial charge in [-0.15, -0.1) is 0 Å². The highest BCUT2D eigenvalue weighted by atomic mass is 16.3. The van der Waals surface area contributed by atoms with E-state index in [1.807, 2.05) is 32.9 Å². The van der Waals surface area contributed by atoms with E-state index in [1.54, 1.807) is 6.26 Å². The molecule has 0 aliphatic rings. The monoisotopic (exact) mass is 195 g/mol. The van der Waals surface area contributed by atoms with Gasteiger partial charge in [-0.3, -0.25) is 0 Å². The second kappa shape index (κ2) is 4.69. The first-order valence-electron chi connectivity index (χ1n) is 4.73. The van der Waals surface area contributed by atoms with Crippen LogP contribution in [0.1, 0.15) is 32.6 Å². The normalized spacial score (nSPS) is 14.4. The van der Waals surface area contributed by atoms with Gasteiger partial charge in [0.25, 0.3) is 0 Å². The zero-order chi connectivity index (χ0) is 10.6. The molecule has 1 aromatic rings. The van der Waals surface area contributed by atoms with E-state index in [9.17, 15) is 0 Å². The Hall–Kier alpha value is -1.45. The minimum Gasteiger partial charge on any atom is -0.467 e. The van der Waals surface area contributed by atoms with E-state index < -0.39 is 0 Å². The van der Waals surface area contributed by atoms with Gasteiger partial charge in [0, 0.05) is 6.04 Å². The fourth-order valence-electron chi connectivity index (χ4n) is 1.13. The first-order chi connectivity index (χ1) is 6.59. The lowest BCUT2D eigenvalue weighted by Crippen LogP contribution is -2.36. The molecular formula is C10H17N3O. The maximum Gasteiger partial charge on any atom is 0.189 e. The van der Waals surface area contributed by atoms with E-state index in [4.69, 9.17) is 10.2 Å². The minimum absolute atomic E-state index is 0.0451. The lowest BCUT2D eigenvalue weighted by atomic mass is 10.3. The van der Waals surface area contributed by atoms with Gasteiger partial charge in [-0.05, 0) is 32.9 Å². The summed E-state index contributed by atoms with van der Waals surface area (Å²) in [5, 5.41) is 3.02. The van der Waals surface area contributed by atoms with Crippen LogP contribution >= 0.6 is 0 Å². The maximum absolute atomic E-state index is 5.68. The summed E-state index contributed by atoms with van der Waals surface area (Å²) < 4.78 is 5.21. The molecule has 0 radical (unpaired) electrons. The van der Waals surface area contributed by atoms with Crippen LogP contribution in [-0.2, 0) is 0 Å². The molecule has 0 bridgehead atoms. The van der Waals surface area contributed by atoms with Crippen molar-refractivity contribution >= 4 is 5.96 Å². The van der Waals surface area contributed by atoms with Gasteiger partial charge in [-0.2, -0.15) is 0 Å². The summed E-state index contributed by atoms with van der Waals surface area (Å²) in [6, 6.07) is 3.98. The van der Waals surface area contributed by atoms with Crippen LogP contribution in [0.15, 0.2) is 27.8 Å². The van der Waals surface area contributed by atoms with Gasteiger partial charge in [0.2, 0.25) is 0 Å². The van der Waals surface area contributed by atoms with Gasteiger partial charge in [0.1, 0.15) is 11.8 Å². The van der Waals surface area contributed by atoms with Crippen LogP contribution < -0.4 is 11.1 Å². The molecule has 0 saturated carbocycles. The van der Waals surface area contributed by atoms with E-state index in [0.29, 0.717) is 12.0 Å². The third-order valence-electron chi connectivity index (χ3n) is 1.72. The van der Waals surface area contributed by atoms with Crippen molar-refractivity contribution in [3.05, 3.63) is 24.2 Å². The first-order valence-corrected chi connectivity index (χ1v) is 4.73. The van der Waals surface area contributed by atoms with E-state index in [-0.39, 0.29) is 6.04 Å². The van der Waals surface area contributed by atoms with Crippen molar-refractivity contribution in [3.63, 3.8) is 0 Å². The highest BCUT2D eigenvalue weighted by Gasteiger charge is 2.06. The van der Waals surface area contributed by atoms with Crippen molar-refractivity contribution in [1.29, 1.82) is 0 Å². The second-order valence-corrected chi connectivity index (χ2v) is 3.50. The molecule has 3 N–H and O–H groups in total. The average molecular weight is 195 g/mol. The molecule has 0 aliphatic carbocycles. The minimum atomic E-state index is -0.0451. The molecule has 1 atom stereocenters. The van der Waals surface area contributed by atoms with Gasteiger partial charge >= 0.3 is 0 Å². The molecule has 0 aromatic carbocycles. The lowest BCUT2D eigenvalue weighted by molar-refractivity contribution is 0.479. The standard InChI is InChI=1S/C10H17N3O/c1-7(2)12-10(11)13-8(3)9-5-4-6-14-9/h4-8H,1-3H3,(H3,11,12,13)/t8-/m0/s1. The Morgan fingerprint density at radius 3 is 2.71 bits per heavy atom. The highest BCUT2D eigenvalue weighted by molar-refractivity contribution is 5.78. The molecule has 0 aliphatic heterocycles. The number of hydrogen-bond donors (Lipinski definition) is 2.